The molecule has 2 aliphatic rings. The molecule has 0 bridgehead atoms. The summed E-state index contributed by atoms with van der Waals surface area (Å²) in [5, 5.41) is 13.5. The van der Waals surface area contributed by atoms with Crippen LogP contribution in [-0.4, -0.2) is 46.3 Å². The highest BCUT2D eigenvalue weighted by Gasteiger charge is 2.43. The summed E-state index contributed by atoms with van der Waals surface area (Å²) in [6.45, 7) is 7.73. The Balaban J connectivity index is 1.38. The molecule has 0 radical (unpaired) electrons. The van der Waals surface area contributed by atoms with Gasteiger partial charge < -0.3 is 20.1 Å². The summed E-state index contributed by atoms with van der Waals surface area (Å²) >= 11 is 0. The summed E-state index contributed by atoms with van der Waals surface area (Å²) in [5.74, 6) is 2.57. The molecule has 1 aliphatic carbocycles. The largest absolute Gasteiger partial charge is 0.486 e. The summed E-state index contributed by atoms with van der Waals surface area (Å²) in [7, 11) is 0. The molecule has 0 unspecified atom stereocenters. The van der Waals surface area contributed by atoms with Crippen LogP contribution in [0, 0.1) is 25.7 Å². The van der Waals surface area contributed by atoms with E-state index in [4.69, 9.17) is 4.74 Å². The Hall–Kier alpha value is -2.67. The van der Waals surface area contributed by atoms with E-state index >= 15 is 0 Å². The highest BCUT2D eigenvalue weighted by atomic mass is 16.5. The van der Waals surface area contributed by atoms with E-state index in [1.165, 1.54) is 6.92 Å². The fourth-order valence-electron chi connectivity index (χ4n) is 4.60. The third kappa shape index (κ3) is 4.56. The van der Waals surface area contributed by atoms with Gasteiger partial charge in [0.25, 0.3) is 0 Å². The van der Waals surface area contributed by atoms with E-state index in [9.17, 15) is 9.90 Å². The summed E-state index contributed by atoms with van der Waals surface area (Å²) < 4.78 is 6.18. The van der Waals surface area contributed by atoms with Crippen LogP contribution in [0.5, 0.6) is 5.75 Å². The first-order valence-electron chi connectivity index (χ1n) is 10.6. The lowest BCUT2D eigenvalue weighted by molar-refractivity contribution is -0.119. The van der Waals surface area contributed by atoms with Gasteiger partial charge in [-0.1, -0.05) is 6.07 Å². The average molecular weight is 411 g/mol. The maximum Gasteiger partial charge on any atom is 0.217 e. The van der Waals surface area contributed by atoms with Crippen molar-refractivity contribution in [1.29, 1.82) is 0 Å². The number of carbonyl (C=O) groups excluding carboxylic acids is 1. The molecule has 2 aromatic rings. The van der Waals surface area contributed by atoms with Crippen molar-refractivity contribution < 1.29 is 14.6 Å². The first-order chi connectivity index (χ1) is 14.4. The first-order valence-corrected chi connectivity index (χ1v) is 10.6. The van der Waals surface area contributed by atoms with E-state index in [0.29, 0.717) is 18.4 Å². The number of rotatable bonds is 5. The number of pyridine rings is 2. The highest BCUT2D eigenvalue weighted by molar-refractivity contribution is 5.72. The number of carbonyl (C=O) groups is 1. The zero-order valence-corrected chi connectivity index (χ0v) is 17.8. The van der Waals surface area contributed by atoms with E-state index in [0.717, 1.165) is 54.4 Å². The number of aliphatic hydroxyl groups is 1. The van der Waals surface area contributed by atoms with Gasteiger partial charge in [0.15, 0.2) is 0 Å². The van der Waals surface area contributed by atoms with Crippen LogP contribution in [0.1, 0.15) is 36.7 Å². The van der Waals surface area contributed by atoms with Crippen molar-refractivity contribution in [2.45, 2.75) is 52.4 Å². The SMILES string of the molecule is CC(=O)NCc1ccc(N2C[C@H]3C[C@@H](Oc4ccc(C)nc4C)[C@H](O)C[C@H]3C2)nc1. The molecule has 2 N–H and O–H groups in total. The van der Waals surface area contributed by atoms with Gasteiger partial charge in [-0.3, -0.25) is 9.78 Å². The Bertz CT molecular complexity index is 902. The third-order valence-electron chi connectivity index (χ3n) is 6.21. The van der Waals surface area contributed by atoms with Crippen molar-refractivity contribution in [1.82, 2.24) is 15.3 Å². The van der Waals surface area contributed by atoms with E-state index in [1.54, 1.807) is 0 Å². The monoisotopic (exact) mass is 410 g/mol. The predicted molar refractivity (Wildman–Crippen MR) is 114 cm³/mol. The van der Waals surface area contributed by atoms with Gasteiger partial charge in [0.05, 0.1) is 11.8 Å². The summed E-state index contributed by atoms with van der Waals surface area (Å²) in [6.07, 6.45) is 2.71. The number of hydrogen-bond donors (Lipinski definition) is 2. The molecule has 4 rings (SSSR count). The Kier molecular flexibility index (Phi) is 5.90. The second-order valence-corrected chi connectivity index (χ2v) is 8.59. The number of aliphatic hydroxyl groups excluding tert-OH is 1. The number of ether oxygens (including phenoxy) is 1. The quantitative estimate of drug-likeness (QED) is 0.787. The maximum atomic E-state index is 11.1. The average Bonchev–Trinajstić information content (AvgIpc) is 3.11. The lowest BCUT2D eigenvalue weighted by Crippen LogP contribution is -2.42. The van der Waals surface area contributed by atoms with Crippen molar-refractivity contribution in [3.05, 3.63) is 47.4 Å². The number of fused-ring (bicyclic) bond motifs is 1. The van der Waals surface area contributed by atoms with Gasteiger partial charge in [-0.05, 0) is 62.3 Å². The molecule has 2 aromatic heterocycles. The molecule has 1 aliphatic heterocycles. The number of aryl methyl sites for hydroxylation is 2. The van der Waals surface area contributed by atoms with E-state index < -0.39 is 6.10 Å². The van der Waals surface area contributed by atoms with Gasteiger partial charge in [-0.25, -0.2) is 4.98 Å². The second-order valence-electron chi connectivity index (χ2n) is 8.59. The van der Waals surface area contributed by atoms with Crippen LogP contribution < -0.4 is 15.0 Å². The Morgan fingerprint density at radius 2 is 1.97 bits per heavy atom. The molecule has 0 aromatic carbocycles. The molecule has 1 saturated carbocycles. The lowest BCUT2D eigenvalue weighted by atomic mass is 9.78. The molecule has 7 nitrogen and oxygen atoms in total. The molecule has 30 heavy (non-hydrogen) atoms. The zero-order chi connectivity index (χ0) is 21.3. The van der Waals surface area contributed by atoms with E-state index in [1.807, 2.05) is 44.3 Å². The molecule has 7 heteroatoms. The number of amides is 1. The van der Waals surface area contributed by atoms with Gasteiger partial charge in [0.2, 0.25) is 5.91 Å². The molecule has 1 amide bonds. The fourth-order valence-corrected chi connectivity index (χ4v) is 4.60. The van der Waals surface area contributed by atoms with Crippen LogP contribution in [-0.2, 0) is 11.3 Å². The molecule has 1 saturated heterocycles. The molecule has 160 valence electrons. The molecular formula is C23H30N4O3. The molecular weight excluding hydrogens is 380 g/mol. The maximum absolute atomic E-state index is 11.1. The topological polar surface area (TPSA) is 87.6 Å². The van der Waals surface area contributed by atoms with Crippen molar-refractivity contribution in [2.24, 2.45) is 11.8 Å². The lowest BCUT2D eigenvalue weighted by Gasteiger charge is -2.35. The van der Waals surface area contributed by atoms with Crippen molar-refractivity contribution >= 4 is 11.7 Å². The van der Waals surface area contributed by atoms with Gasteiger partial charge in [-0.2, -0.15) is 0 Å². The summed E-state index contributed by atoms with van der Waals surface area (Å²) in [5.41, 5.74) is 2.81. The van der Waals surface area contributed by atoms with Crippen LogP contribution in [0.15, 0.2) is 30.5 Å². The first kappa shape index (κ1) is 20.6. The van der Waals surface area contributed by atoms with Crippen LogP contribution in [0.25, 0.3) is 0 Å². The molecule has 2 fully saturated rings. The van der Waals surface area contributed by atoms with Crippen molar-refractivity contribution in [3.8, 4) is 5.75 Å². The van der Waals surface area contributed by atoms with Crippen LogP contribution in [0.3, 0.4) is 0 Å². The van der Waals surface area contributed by atoms with Crippen LogP contribution in [0.4, 0.5) is 5.82 Å². The predicted octanol–water partition coefficient (Wildman–Crippen LogP) is 2.38. The fraction of sp³-hybridized carbons (Fsp3) is 0.522. The van der Waals surface area contributed by atoms with Gasteiger partial charge in [-0.15, -0.1) is 0 Å². The Labute approximate surface area is 177 Å². The van der Waals surface area contributed by atoms with Crippen LogP contribution in [0.2, 0.25) is 0 Å². The number of hydrogen-bond acceptors (Lipinski definition) is 6. The summed E-state index contributed by atoms with van der Waals surface area (Å²) in [6, 6.07) is 7.91. The summed E-state index contributed by atoms with van der Waals surface area (Å²) in [4.78, 5) is 22.4. The molecule has 3 heterocycles. The highest BCUT2D eigenvalue weighted by Crippen LogP contribution is 2.39. The zero-order valence-electron chi connectivity index (χ0n) is 17.8. The van der Waals surface area contributed by atoms with Gasteiger partial charge >= 0.3 is 0 Å². The number of aromatic nitrogens is 2. The second kappa shape index (κ2) is 8.60. The van der Waals surface area contributed by atoms with E-state index in [2.05, 4.69) is 20.2 Å². The number of nitrogens with zero attached hydrogens (tertiary/aromatic N) is 3. The minimum absolute atomic E-state index is 0.0466. The minimum atomic E-state index is -0.472. The van der Waals surface area contributed by atoms with Crippen molar-refractivity contribution in [3.63, 3.8) is 0 Å². The van der Waals surface area contributed by atoms with E-state index in [-0.39, 0.29) is 12.0 Å². The number of nitrogens with one attached hydrogen (secondary N) is 1. The van der Waals surface area contributed by atoms with Gasteiger partial charge in [0, 0.05) is 38.4 Å². The molecule has 4 atom stereocenters. The van der Waals surface area contributed by atoms with Crippen LogP contribution >= 0.6 is 0 Å². The Morgan fingerprint density at radius 3 is 2.63 bits per heavy atom. The minimum Gasteiger partial charge on any atom is -0.486 e. The standard InChI is InChI=1S/C23H30N4O3/c1-14-4-6-21(15(2)26-14)30-22-9-19-13-27(12-18(19)8-20(22)29)23-7-5-17(11-25-23)10-24-16(3)28/h4-7,11,18-20,22,29H,8-10,12-13H2,1-3H3,(H,24,28)/t18-,19+,20+,22+/m0/s1. The van der Waals surface area contributed by atoms with Crippen molar-refractivity contribution in [2.75, 3.05) is 18.0 Å². The smallest absolute Gasteiger partial charge is 0.217 e. The van der Waals surface area contributed by atoms with Gasteiger partial charge in [0.1, 0.15) is 17.7 Å². The number of anilines is 1. The third-order valence-corrected chi connectivity index (χ3v) is 6.21. The normalized spacial score (nSPS) is 25.7. The Morgan fingerprint density at radius 1 is 1.20 bits per heavy atom. The molecule has 0 spiro atoms.